The van der Waals surface area contributed by atoms with Crippen LogP contribution in [-0.4, -0.2) is 35.8 Å². The summed E-state index contributed by atoms with van der Waals surface area (Å²) in [7, 11) is 0. The van der Waals surface area contributed by atoms with Crippen molar-refractivity contribution >= 4 is 11.8 Å². The van der Waals surface area contributed by atoms with Crippen molar-refractivity contribution in [2.24, 2.45) is 17.8 Å². The van der Waals surface area contributed by atoms with Gasteiger partial charge in [-0.1, -0.05) is 20.8 Å². The Morgan fingerprint density at radius 3 is 2.31 bits per heavy atom. The number of carbonyl (C=O) groups is 2. The molecule has 0 aromatic heterocycles. The molecule has 4 nitrogen and oxygen atoms in total. The van der Waals surface area contributed by atoms with Gasteiger partial charge in [-0.05, 0) is 18.9 Å². The first-order chi connectivity index (χ1) is 7.56. The van der Waals surface area contributed by atoms with Gasteiger partial charge in [0.1, 0.15) is 0 Å². The van der Waals surface area contributed by atoms with E-state index in [0.29, 0.717) is 12.5 Å². The van der Waals surface area contributed by atoms with E-state index >= 15 is 0 Å². The van der Waals surface area contributed by atoms with E-state index in [2.05, 4.69) is 19.2 Å². The minimum atomic E-state index is 0.0296. The molecule has 1 saturated heterocycles. The van der Waals surface area contributed by atoms with E-state index in [1.54, 1.807) is 0 Å². The van der Waals surface area contributed by atoms with Gasteiger partial charge in [0.25, 0.3) is 0 Å². The fourth-order valence-corrected chi connectivity index (χ4v) is 2.40. The van der Waals surface area contributed by atoms with E-state index in [1.165, 1.54) is 4.90 Å². The second kappa shape index (κ2) is 4.17. The van der Waals surface area contributed by atoms with Crippen LogP contribution in [0.1, 0.15) is 27.2 Å². The number of likely N-dealkylation sites (N-methyl/N-ethyl adjacent to an activating group) is 1. The third-order valence-electron chi connectivity index (χ3n) is 3.61. The molecule has 0 aromatic rings. The normalized spacial score (nSPS) is 29.9. The van der Waals surface area contributed by atoms with Gasteiger partial charge in [0.2, 0.25) is 11.8 Å². The Balaban J connectivity index is 1.97. The Labute approximate surface area is 96.4 Å². The Morgan fingerprint density at radius 1 is 1.31 bits per heavy atom. The number of rotatable bonds is 5. The van der Waals surface area contributed by atoms with Crippen LogP contribution < -0.4 is 5.32 Å². The molecule has 90 valence electrons. The summed E-state index contributed by atoms with van der Waals surface area (Å²) in [6, 6.07) is 0.218. The maximum atomic E-state index is 11.8. The van der Waals surface area contributed by atoms with E-state index in [9.17, 15) is 9.59 Å². The zero-order chi connectivity index (χ0) is 11.9. The van der Waals surface area contributed by atoms with Crippen LogP contribution in [0.4, 0.5) is 0 Å². The van der Waals surface area contributed by atoms with Crippen molar-refractivity contribution in [3.05, 3.63) is 0 Å². The van der Waals surface area contributed by atoms with Crippen LogP contribution in [0.15, 0.2) is 0 Å². The van der Waals surface area contributed by atoms with Gasteiger partial charge in [-0.25, -0.2) is 0 Å². The number of imide groups is 1. The molecule has 1 heterocycles. The third-order valence-corrected chi connectivity index (χ3v) is 3.61. The van der Waals surface area contributed by atoms with Crippen molar-refractivity contribution in [2.75, 3.05) is 13.1 Å². The highest BCUT2D eigenvalue weighted by atomic mass is 16.2. The van der Waals surface area contributed by atoms with Crippen LogP contribution in [0.25, 0.3) is 0 Å². The molecule has 3 atom stereocenters. The van der Waals surface area contributed by atoms with Crippen molar-refractivity contribution < 1.29 is 9.59 Å². The summed E-state index contributed by atoms with van der Waals surface area (Å²) in [5.74, 6) is 0.596. The number of likely N-dealkylation sites (tertiary alicyclic amines) is 1. The average molecular weight is 224 g/mol. The lowest BCUT2D eigenvalue weighted by molar-refractivity contribution is -0.141. The molecule has 0 radical (unpaired) electrons. The molecule has 2 amide bonds. The highest BCUT2D eigenvalue weighted by Gasteiger charge is 2.58. The number of nitrogens with zero attached hydrogens (tertiary/aromatic N) is 1. The Kier molecular flexibility index (Phi) is 3.02. The molecule has 2 fully saturated rings. The summed E-state index contributed by atoms with van der Waals surface area (Å²) in [6.45, 7) is 7.67. The molecule has 2 aliphatic rings. The van der Waals surface area contributed by atoms with Gasteiger partial charge >= 0.3 is 0 Å². The third kappa shape index (κ3) is 1.86. The summed E-state index contributed by atoms with van der Waals surface area (Å²) in [5.41, 5.74) is 0. The topological polar surface area (TPSA) is 49.4 Å². The van der Waals surface area contributed by atoms with Gasteiger partial charge in [0.05, 0.1) is 11.8 Å². The van der Waals surface area contributed by atoms with Gasteiger partial charge < -0.3 is 5.32 Å². The van der Waals surface area contributed by atoms with Gasteiger partial charge in [0.15, 0.2) is 0 Å². The summed E-state index contributed by atoms with van der Waals surface area (Å²) >= 11 is 0. The zero-order valence-electron chi connectivity index (χ0n) is 10.2. The van der Waals surface area contributed by atoms with Crippen LogP contribution in [0, 0.1) is 17.8 Å². The molecule has 3 unspecified atom stereocenters. The molecule has 1 aliphatic heterocycles. The van der Waals surface area contributed by atoms with Crippen LogP contribution in [0.2, 0.25) is 0 Å². The van der Waals surface area contributed by atoms with E-state index in [4.69, 9.17) is 0 Å². The molecule has 0 aromatic carbocycles. The summed E-state index contributed by atoms with van der Waals surface area (Å²) in [5, 5.41) is 3.33. The van der Waals surface area contributed by atoms with Crippen molar-refractivity contribution in [1.82, 2.24) is 10.2 Å². The highest BCUT2D eigenvalue weighted by molar-refractivity contribution is 6.08. The van der Waals surface area contributed by atoms with E-state index in [-0.39, 0.29) is 29.7 Å². The molecule has 4 heteroatoms. The molecule has 1 N–H and O–H groups in total. The van der Waals surface area contributed by atoms with Crippen LogP contribution in [-0.2, 0) is 9.59 Å². The molecule has 0 spiro atoms. The predicted octanol–water partition coefficient (Wildman–Crippen LogP) is 0.625. The number of nitrogens with one attached hydrogen (secondary N) is 1. The Morgan fingerprint density at radius 2 is 1.88 bits per heavy atom. The first-order valence-electron chi connectivity index (χ1n) is 6.14. The summed E-state index contributed by atoms with van der Waals surface area (Å²) in [6.07, 6.45) is 0.793. The minimum absolute atomic E-state index is 0.0296. The minimum Gasteiger partial charge on any atom is -0.312 e. The van der Waals surface area contributed by atoms with Crippen LogP contribution >= 0.6 is 0 Å². The highest BCUT2D eigenvalue weighted by Crippen LogP contribution is 2.46. The molecular weight excluding hydrogens is 204 g/mol. The molecular formula is C12H20N2O2. The molecule has 0 bridgehead atoms. The van der Waals surface area contributed by atoms with Gasteiger partial charge in [0, 0.05) is 12.6 Å². The number of fused-ring (bicyclic) bond motifs is 1. The lowest BCUT2D eigenvalue weighted by Crippen LogP contribution is -2.47. The van der Waals surface area contributed by atoms with Gasteiger partial charge in [-0.15, -0.1) is 0 Å². The van der Waals surface area contributed by atoms with Crippen molar-refractivity contribution in [3.63, 3.8) is 0 Å². The fraction of sp³-hybridized carbons (Fsp3) is 0.833. The van der Waals surface area contributed by atoms with E-state index < -0.39 is 0 Å². The lowest BCUT2D eigenvalue weighted by Gasteiger charge is -2.27. The van der Waals surface area contributed by atoms with Crippen molar-refractivity contribution in [3.8, 4) is 0 Å². The van der Waals surface area contributed by atoms with Gasteiger partial charge in [-0.2, -0.15) is 0 Å². The SMILES string of the molecule is CCNC(CN1C(=O)C2CC2C1=O)C(C)C. The van der Waals surface area contributed by atoms with Crippen LogP contribution in [0.3, 0.4) is 0 Å². The second-order valence-corrected chi connectivity index (χ2v) is 5.14. The maximum Gasteiger partial charge on any atom is 0.233 e. The maximum absolute atomic E-state index is 11.8. The van der Waals surface area contributed by atoms with Crippen molar-refractivity contribution in [2.45, 2.75) is 33.2 Å². The fourth-order valence-electron chi connectivity index (χ4n) is 2.40. The quantitative estimate of drug-likeness (QED) is 0.697. The lowest BCUT2D eigenvalue weighted by atomic mass is 10.0. The number of hydrogen-bond donors (Lipinski definition) is 1. The predicted molar refractivity (Wildman–Crippen MR) is 60.6 cm³/mol. The standard InChI is InChI=1S/C12H20N2O2/c1-4-13-10(7(2)3)6-14-11(15)8-5-9(8)12(14)16/h7-10,13H,4-6H2,1-3H3. The first-order valence-corrected chi connectivity index (χ1v) is 6.14. The zero-order valence-corrected chi connectivity index (χ0v) is 10.2. The number of piperidine rings is 1. The summed E-state index contributed by atoms with van der Waals surface area (Å²) < 4.78 is 0. The molecule has 1 aliphatic carbocycles. The average Bonchev–Trinajstić information content (AvgIpc) is 2.97. The molecule has 2 rings (SSSR count). The smallest absolute Gasteiger partial charge is 0.233 e. The number of carbonyl (C=O) groups excluding carboxylic acids is 2. The Hall–Kier alpha value is -0.900. The van der Waals surface area contributed by atoms with Gasteiger partial charge in [-0.3, -0.25) is 14.5 Å². The Bertz CT molecular complexity index is 294. The van der Waals surface area contributed by atoms with Crippen LogP contribution in [0.5, 0.6) is 0 Å². The first kappa shape index (κ1) is 11.6. The monoisotopic (exact) mass is 224 g/mol. The van der Waals surface area contributed by atoms with E-state index in [1.807, 2.05) is 6.92 Å². The summed E-state index contributed by atoms with van der Waals surface area (Å²) in [4.78, 5) is 25.1. The second-order valence-electron chi connectivity index (χ2n) is 5.14. The number of amides is 2. The van der Waals surface area contributed by atoms with Crippen molar-refractivity contribution in [1.29, 1.82) is 0 Å². The largest absolute Gasteiger partial charge is 0.312 e. The number of hydrogen-bond acceptors (Lipinski definition) is 3. The molecule has 16 heavy (non-hydrogen) atoms. The molecule has 1 saturated carbocycles. The van der Waals surface area contributed by atoms with E-state index in [0.717, 1.165) is 13.0 Å².